The molecule has 0 unspecified atom stereocenters. The Balaban J connectivity index is 1.35. The highest BCUT2D eigenvalue weighted by molar-refractivity contribution is 7.16. The number of rotatable bonds is 7. The first-order chi connectivity index (χ1) is 15.3. The van der Waals surface area contributed by atoms with Gasteiger partial charge in [-0.05, 0) is 41.5 Å². The molecule has 5 rings (SSSR count). The normalized spacial score (nSPS) is 12.2. The molecular formula is C25H21N3O2S. The zero-order valence-corrected chi connectivity index (χ0v) is 17.5. The zero-order chi connectivity index (χ0) is 21.0. The molecule has 0 aliphatic carbocycles. The molecule has 2 aromatic heterocycles. The number of anilines is 1. The molecule has 6 heteroatoms. The number of hydrogen-bond donors (Lipinski definition) is 2. The maximum Gasteiger partial charge on any atom is 0.146 e. The molecule has 0 saturated carbocycles. The van der Waals surface area contributed by atoms with E-state index >= 15 is 0 Å². The van der Waals surface area contributed by atoms with Crippen molar-refractivity contribution < 1.29 is 9.84 Å². The smallest absolute Gasteiger partial charge is 0.146 e. The number of pyridine rings is 1. The molecule has 0 saturated heterocycles. The lowest BCUT2D eigenvalue weighted by molar-refractivity contribution is 0.193. The molecule has 2 heterocycles. The molecule has 5 aromatic rings. The molecule has 0 amide bonds. The van der Waals surface area contributed by atoms with E-state index < -0.39 is 6.10 Å². The number of nitrogens with one attached hydrogen (secondary N) is 1. The van der Waals surface area contributed by atoms with Gasteiger partial charge in [0, 0.05) is 23.8 Å². The monoisotopic (exact) mass is 427 g/mol. The molecule has 0 spiro atoms. The second kappa shape index (κ2) is 8.71. The van der Waals surface area contributed by atoms with Gasteiger partial charge in [-0.25, -0.2) is 4.98 Å². The van der Waals surface area contributed by atoms with E-state index in [1.54, 1.807) is 17.5 Å². The van der Waals surface area contributed by atoms with Crippen LogP contribution >= 0.6 is 11.3 Å². The number of fused-ring (bicyclic) bond motifs is 2. The van der Waals surface area contributed by atoms with Crippen LogP contribution in [0.3, 0.4) is 0 Å². The van der Waals surface area contributed by atoms with Crippen molar-refractivity contribution in [1.82, 2.24) is 9.97 Å². The number of aliphatic hydroxyl groups excluding tert-OH is 1. The van der Waals surface area contributed by atoms with Crippen molar-refractivity contribution in [2.24, 2.45) is 0 Å². The summed E-state index contributed by atoms with van der Waals surface area (Å²) < 4.78 is 7.18. The second-order valence-corrected chi connectivity index (χ2v) is 8.14. The van der Waals surface area contributed by atoms with E-state index in [0.717, 1.165) is 37.9 Å². The largest absolute Gasteiger partial charge is 0.487 e. The van der Waals surface area contributed by atoms with Crippen LogP contribution in [0.15, 0.2) is 84.5 Å². The Kier molecular flexibility index (Phi) is 5.48. The number of aliphatic hydroxyl groups is 1. The van der Waals surface area contributed by atoms with Crippen LogP contribution in [0.5, 0.6) is 5.75 Å². The number of ether oxygens (including phenoxy) is 1. The molecule has 0 fully saturated rings. The number of nitrogens with zero attached hydrogens (tertiary/aromatic N) is 2. The van der Waals surface area contributed by atoms with Gasteiger partial charge in [0.05, 0.1) is 21.8 Å². The van der Waals surface area contributed by atoms with Crippen molar-refractivity contribution >= 4 is 38.1 Å². The first-order valence-corrected chi connectivity index (χ1v) is 11.0. The van der Waals surface area contributed by atoms with Gasteiger partial charge in [0.1, 0.15) is 17.9 Å². The standard InChI is InChI=1S/C25H21N3O2S/c29-22(14-27-18-8-11-24-21(13-18)28-16-31-24)19-9-10-23(25-20(19)7-4-12-26-25)30-15-17-5-2-1-3-6-17/h1-13,16,22,27,29H,14-15H2/t22-/m0/s1. The van der Waals surface area contributed by atoms with Crippen molar-refractivity contribution in [1.29, 1.82) is 0 Å². The minimum atomic E-state index is -0.694. The molecule has 0 bridgehead atoms. The topological polar surface area (TPSA) is 67.3 Å². The fraction of sp³-hybridized carbons (Fsp3) is 0.120. The molecule has 0 aliphatic rings. The second-order valence-electron chi connectivity index (χ2n) is 7.26. The van der Waals surface area contributed by atoms with Gasteiger partial charge in [0.2, 0.25) is 0 Å². The fourth-order valence-corrected chi connectivity index (χ4v) is 4.26. The Bertz CT molecular complexity index is 1320. The van der Waals surface area contributed by atoms with Crippen LogP contribution in [0, 0.1) is 0 Å². The highest BCUT2D eigenvalue weighted by Gasteiger charge is 2.15. The van der Waals surface area contributed by atoms with Crippen molar-refractivity contribution in [2.45, 2.75) is 12.7 Å². The van der Waals surface area contributed by atoms with Crippen molar-refractivity contribution in [3.05, 3.63) is 95.6 Å². The SMILES string of the molecule is O[C@@H](CNc1ccc2scnc2c1)c1ccc(OCc2ccccc2)c2ncccc12. The van der Waals surface area contributed by atoms with Crippen molar-refractivity contribution in [3.8, 4) is 5.75 Å². The lowest BCUT2D eigenvalue weighted by atomic mass is 10.0. The summed E-state index contributed by atoms with van der Waals surface area (Å²) >= 11 is 1.62. The van der Waals surface area contributed by atoms with E-state index in [2.05, 4.69) is 15.3 Å². The quantitative estimate of drug-likeness (QED) is 0.355. The van der Waals surface area contributed by atoms with Crippen LogP contribution in [0.1, 0.15) is 17.2 Å². The van der Waals surface area contributed by atoms with Crippen LogP contribution in [-0.4, -0.2) is 21.6 Å². The van der Waals surface area contributed by atoms with Crippen molar-refractivity contribution in [3.63, 3.8) is 0 Å². The summed E-state index contributed by atoms with van der Waals surface area (Å²) in [7, 11) is 0. The molecule has 2 N–H and O–H groups in total. The molecule has 5 nitrogen and oxygen atoms in total. The van der Waals surface area contributed by atoms with Crippen LogP contribution in [-0.2, 0) is 6.61 Å². The Morgan fingerprint density at radius 3 is 2.77 bits per heavy atom. The van der Waals surface area contributed by atoms with Gasteiger partial charge in [-0.3, -0.25) is 4.98 Å². The fourth-order valence-electron chi connectivity index (χ4n) is 3.60. The summed E-state index contributed by atoms with van der Waals surface area (Å²) in [5.41, 5.74) is 6.39. The maximum absolute atomic E-state index is 10.9. The highest BCUT2D eigenvalue weighted by Crippen LogP contribution is 2.31. The van der Waals surface area contributed by atoms with E-state index in [1.165, 1.54) is 0 Å². The Morgan fingerprint density at radius 1 is 0.968 bits per heavy atom. The lowest BCUT2D eigenvalue weighted by Crippen LogP contribution is -2.12. The highest BCUT2D eigenvalue weighted by atomic mass is 32.1. The van der Waals surface area contributed by atoms with Gasteiger partial charge in [0.15, 0.2) is 0 Å². The molecular weight excluding hydrogens is 406 g/mol. The number of aromatic nitrogens is 2. The van der Waals surface area contributed by atoms with Crippen LogP contribution in [0.2, 0.25) is 0 Å². The Labute approximate surface area is 184 Å². The average molecular weight is 428 g/mol. The van der Waals surface area contributed by atoms with E-state index in [1.807, 2.05) is 78.3 Å². The van der Waals surface area contributed by atoms with Gasteiger partial charge in [0.25, 0.3) is 0 Å². The third-order valence-corrected chi connectivity index (χ3v) is 6.00. The Morgan fingerprint density at radius 2 is 1.87 bits per heavy atom. The number of thiazole rings is 1. The predicted octanol–water partition coefficient (Wildman–Crippen LogP) is 5.57. The van der Waals surface area contributed by atoms with Crippen LogP contribution in [0.4, 0.5) is 5.69 Å². The predicted molar refractivity (Wildman–Crippen MR) is 126 cm³/mol. The van der Waals surface area contributed by atoms with E-state index in [4.69, 9.17) is 4.74 Å². The number of hydrogen-bond acceptors (Lipinski definition) is 6. The Hall–Kier alpha value is -3.48. The first-order valence-electron chi connectivity index (χ1n) is 10.1. The van der Waals surface area contributed by atoms with Crippen LogP contribution < -0.4 is 10.1 Å². The van der Waals surface area contributed by atoms with E-state index in [-0.39, 0.29) is 0 Å². The summed E-state index contributed by atoms with van der Waals surface area (Å²) in [6.07, 6.45) is 1.05. The van der Waals surface area contributed by atoms with E-state index in [0.29, 0.717) is 18.9 Å². The minimum Gasteiger partial charge on any atom is -0.487 e. The van der Waals surface area contributed by atoms with Gasteiger partial charge in [-0.15, -0.1) is 11.3 Å². The van der Waals surface area contributed by atoms with E-state index in [9.17, 15) is 5.11 Å². The molecule has 0 aliphatic heterocycles. The van der Waals surface area contributed by atoms with Gasteiger partial charge >= 0.3 is 0 Å². The molecule has 1 atom stereocenters. The summed E-state index contributed by atoms with van der Waals surface area (Å²) in [6, 6.07) is 23.7. The zero-order valence-electron chi connectivity index (χ0n) is 16.7. The minimum absolute atomic E-state index is 0.379. The average Bonchev–Trinajstić information content (AvgIpc) is 3.29. The van der Waals surface area contributed by atoms with Crippen LogP contribution in [0.25, 0.3) is 21.1 Å². The van der Waals surface area contributed by atoms with Gasteiger partial charge < -0.3 is 15.2 Å². The van der Waals surface area contributed by atoms with Gasteiger partial charge in [-0.2, -0.15) is 0 Å². The van der Waals surface area contributed by atoms with Crippen molar-refractivity contribution in [2.75, 3.05) is 11.9 Å². The third kappa shape index (κ3) is 4.21. The molecule has 154 valence electrons. The summed E-state index contributed by atoms with van der Waals surface area (Å²) in [5.74, 6) is 0.706. The van der Waals surface area contributed by atoms with Gasteiger partial charge in [-0.1, -0.05) is 42.5 Å². The summed E-state index contributed by atoms with van der Waals surface area (Å²) in [4.78, 5) is 8.87. The molecule has 3 aromatic carbocycles. The summed E-state index contributed by atoms with van der Waals surface area (Å²) in [5, 5.41) is 15.1. The molecule has 0 radical (unpaired) electrons. The maximum atomic E-state index is 10.9. The molecule has 31 heavy (non-hydrogen) atoms. The lowest BCUT2D eigenvalue weighted by Gasteiger charge is -2.17. The third-order valence-electron chi connectivity index (χ3n) is 5.19. The number of benzene rings is 3. The summed E-state index contributed by atoms with van der Waals surface area (Å²) in [6.45, 7) is 0.846. The first kappa shape index (κ1) is 19.5.